The van der Waals surface area contributed by atoms with E-state index in [0.29, 0.717) is 39.3 Å². The number of aliphatic hydroxyl groups excluding tert-OH is 1. The molecule has 19 heavy (non-hydrogen) atoms. The van der Waals surface area contributed by atoms with Gasteiger partial charge >= 0.3 is 0 Å². The number of hydrogen-bond donors (Lipinski definition) is 2. The molecule has 8 heteroatoms. The fourth-order valence-corrected chi connectivity index (χ4v) is 4.14. The van der Waals surface area contributed by atoms with Crippen molar-refractivity contribution in [3.05, 3.63) is 0 Å². The molecule has 7 nitrogen and oxygen atoms in total. The number of carbonyl (C=O) groups excluding carboxylic acids is 1. The molecule has 2 unspecified atom stereocenters. The number of carbonyl (C=O) groups is 1. The summed E-state index contributed by atoms with van der Waals surface area (Å²) in [7, 11) is -3.14. The third-order valence-electron chi connectivity index (χ3n) is 3.43. The zero-order valence-electron chi connectivity index (χ0n) is 10.7. The molecule has 2 aliphatic heterocycles. The van der Waals surface area contributed by atoms with E-state index in [-0.39, 0.29) is 17.4 Å². The van der Waals surface area contributed by atoms with Gasteiger partial charge in [0.25, 0.3) is 0 Å². The molecular formula is C11H20N2O5S. The average Bonchev–Trinajstić information content (AvgIpc) is 2.63. The smallest absolute Gasteiger partial charge is 0.224 e. The molecule has 0 aromatic rings. The van der Waals surface area contributed by atoms with E-state index in [1.165, 1.54) is 0 Å². The number of sulfone groups is 1. The van der Waals surface area contributed by atoms with Gasteiger partial charge in [-0.05, 0) is 0 Å². The standard InChI is InChI=1S/C11H20N2O5S/c14-10-8-19(16,17)7-9(10)12-2-1-11(15)13-3-5-18-6-4-13/h9-10,12,14H,1-8H2. The summed E-state index contributed by atoms with van der Waals surface area (Å²) in [5.74, 6) is -0.215. The first kappa shape index (κ1) is 14.7. The summed E-state index contributed by atoms with van der Waals surface area (Å²) in [6.07, 6.45) is -0.563. The lowest BCUT2D eigenvalue weighted by atomic mass is 10.2. The first-order valence-corrected chi connectivity index (χ1v) is 8.27. The van der Waals surface area contributed by atoms with Crippen molar-refractivity contribution in [3.8, 4) is 0 Å². The average molecular weight is 292 g/mol. The van der Waals surface area contributed by atoms with Crippen molar-refractivity contribution in [3.63, 3.8) is 0 Å². The van der Waals surface area contributed by atoms with Crippen molar-refractivity contribution in [1.29, 1.82) is 0 Å². The number of ether oxygens (including phenoxy) is 1. The maximum atomic E-state index is 11.8. The maximum absolute atomic E-state index is 11.8. The first-order valence-electron chi connectivity index (χ1n) is 6.45. The minimum absolute atomic E-state index is 0.0335. The number of morpholine rings is 1. The summed E-state index contributed by atoms with van der Waals surface area (Å²) in [5.41, 5.74) is 0. The van der Waals surface area contributed by atoms with E-state index in [0.717, 1.165) is 0 Å². The summed E-state index contributed by atoms with van der Waals surface area (Å²) in [6, 6.07) is -0.456. The Morgan fingerprint density at radius 1 is 1.32 bits per heavy atom. The third kappa shape index (κ3) is 4.13. The summed E-state index contributed by atoms with van der Waals surface area (Å²) in [5, 5.41) is 12.5. The Balaban J connectivity index is 1.70. The molecule has 0 radical (unpaired) electrons. The molecule has 0 bridgehead atoms. The number of hydrogen-bond acceptors (Lipinski definition) is 6. The van der Waals surface area contributed by atoms with Crippen LogP contribution in [0.4, 0.5) is 0 Å². The molecular weight excluding hydrogens is 272 g/mol. The van der Waals surface area contributed by atoms with Crippen LogP contribution >= 0.6 is 0 Å². The molecule has 0 aromatic carbocycles. The van der Waals surface area contributed by atoms with Gasteiger partial charge in [-0.1, -0.05) is 0 Å². The zero-order chi connectivity index (χ0) is 13.9. The largest absolute Gasteiger partial charge is 0.390 e. The molecule has 2 aliphatic rings. The molecule has 2 rings (SSSR count). The first-order chi connectivity index (χ1) is 8.98. The van der Waals surface area contributed by atoms with Crippen molar-refractivity contribution < 1.29 is 23.1 Å². The van der Waals surface area contributed by atoms with Gasteiger partial charge in [-0.25, -0.2) is 8.42 Å². The van der Waals surface area contributed by atoms with Gasteiger partial charge in [-0.2, -0.15) is 0 Å². The molecule has 2 N–H and O–H groups in total. The van der Waals surface area contributed by atoms with Crippen molar-refractivity contribution >= 4 is 15.7 Å². The van der Waals surface area contributed by atoms with Crippen LogP contribution in [0.3, 0.4) is 0 Å². The highest BCUT2D eigenvalue weighted by atomic mass is 32.2. The Labute approximate surface area is 112 Å². The number of aliphatic hydroxyl groups is 1. The summed E-state index contributed by atoms with van der Waals surface area (Å²) in [6.45, 7) is 2.74. The predicted octanol–water partition coefficient (Wildman–Crippen LogP) is -2.02. The molecule has 1 amide bonds. The monoisotopic (exact) mass is 292 g/mol. The molecule has 0 aliphatic carbocycles. The van der Waals surface area contributed by atoms with Gasteiger partial charge in [0.05, 0.1) is 30.8 Å². The van der Waals surface area contributed by atoms with Crippen molar-refractivity contribution in [2.75, 3.05) is 44.4 Å². The van der Waals surface area contributed by atoms with Crippen LogP contribution in [0.1, 0.15) is 6.42 Å². The molecule has 0 aromatic heterocycles. The van der Waals surface area contributed by atoms with Crippen LogP contribution in [0.2, 0.25) is 0 Å². The van der Waals surface area contributed by atoms with Crippen LogP contribution < -0.4 is 5.32 Å². The highest BCUT2D eigenvalue weighted by Crippen LogP contribution is 2.12. The van der Waals surface area contributed by atoms with Crippen LogP contribution in [-0.2, 0) is 19.4 Å². The third-order valence-corrected chi connectivity index (χ3v) is 5.15. The number of nitrogens with one attached hydrogen (secondary N) is 1. The predicted molar refractivity (Wildman–Crippen MR) is 68.5 cm³/mol. The van der Waals surface area contributed by atoms with Crippen LogP contribution in [0, 0.1) is 0 Å². The lowest BCUT2D eigenvalue weighted by Gasteiger charge is -2.27. The number of rotatable bonds is 4. The van der Waals surface area contributed by atoms with Crippen molar-refractivity contribution in [1.82, 2.24) is 10.2 Å². The molecule has 110 valence electrons. The van der Waals surface area contributed by atoms with Gasteiger partial charge in [0.2, 0.25) is 5.91 Å². The zero-order valence-corrected chi connectivity index (χ0v) is 11.6. The van der Waals surface area contributed by atoms with Crippen molar-refractivity contribution in [2.45, 2.75) is 18.6 Å². The second-order valence-electron chi connectivity index (χ2n) is 4.95. The fraction of sp³-hybridized carbons (Fsp3) is 0.909. The highest BCUT2D eigenvalue weighted by Gasteiger charge is 2.35. The molecule has 2 heterocycles. The Bertz CT molecular complexity index is 419. The SMILES string of the molecule is O=C(CCNC1CS(=O)(=O)CC1O)N1CCOCC1. The van der Waals surface area contributed by atoms with Gasteiger partial charge < -0.3 is 20.1 Å². The quantitative estimate of drug-likeness (QED) is 0.621. The second-order valence-corrected chi connectivity index (χ2v) is 7.10. The van der Waals surface area contributed by atoms with Crippen LogP contribution in [0.25, 0.3) is 0 Å². The minimum atomic E-state index is -3.14. The second kappa shape index (κ2) is 6.17. The van der Waals surface area contributed by atoms with Gasteiger partial charge in [0.1, 0.15) is 0 Å². The molecule has 2 atom stereocenters. The Hall–Kier alpha value is -0.700. The summed E-state index contributed by atoms with van der Waals surface area (Å²) in [4.78, 5) is 13.6. The van der Waals surface area contributed by atoms with Gasteiger partial charge in [0, 0.05) is 32.1 Å². The fourth-order valence-electron chi connectivity index (χ4n) is 2.36. The lowest BCUT2D eigenvalue weighted by molar-refractivity contribution is -0.135. The van der Waals surface area contributed by atoms with E-state index < -0.39 is 22.0 Å². The van der Waals surface area contributed by atoms with Crippen LogP contribution in [0.15, 0.2) is 0 Å². The molecule has 0 saturated carbocycles. The Morgan fingerprint density at radius 3 is 2.58 bits per heavy atom. The summed E-state index contributed by atoms with van der Waals surface area (Å²) < 4.78 is 27.8. The van der Waals surface area contributed by atoms with Gasteiger partial charge in [0.15, 0.2) is 9.84 Å². The van der Waals surface area contributed by atoms with Gasteiger partial charge in [-0.3, -0.25) is 4.79 Å². The van der Waals surface area contributed by atoms with E-state index in [2.05, 4.69) is 5.32 Å². The van der Waals surface area contributed by atoms with Crippen LogP contribution in [0.5, 0.6) is 0 Å². The lowest BCUT2D eigenvalue weighted by Crippen LogP contribution is -2.44. The van der Waals surface area contributed by atoms with E-state index in [1.54, 1.807) is 4.90 Å². The Morgan fingerprint density at radius 2 is 2.00 bits per heavy atom. The molecule has 2 fully saturated rings. The molecule has 2 saturated heterocycles. The highest BCUT2D eigenvalue weighted by molar-refractivity contribution is 7.91. The van der Waals surface area contributed by atoms with E-state index in [9.17, 15) is 18.3 Å². The van der Waals surface area contributed by atoms with E-state index in [4.69, 9.17) is 4.74 Å². The normalized spacial score (nSPS) is 30.5. The molecule has 0 spiro atoms. The van der Waals surface area contributed by atoms with E-state index >= 15 is 0 Å². The summed E-state index contributed by atoms with van der Waals surface area (Å²) >= 11 is 0. The topological polar surface area (TPSA) is 95.9 Å². The van der Waals surface area contributed by atoms with Crippen molar-refractivity contribution in [2.24, 2.45) is 0 Å². The Kier molecular flexibility index (Phi) is 4.77. The maximum Gasteiger partial charge on any atom is 0.224 e. The van der Waals surface area contributed by atoms with Gasteiger partial charge in [-0.15, -0.1) is 0 Å². The minimum Gasteiger partial charge on any atom is -0.390 e. The van der Waals surface area contributed by atoms with E-state index in [1.807, 2.05) is 0 Å². The van der Waals surface area contributed by atoms with Crippen LogP contribution in [-0.4, -0.2) is 80.8 Å². The number of amides is 1. The number of nitrogens with zero attached hydrogens (tertiary/aromatic N) is 1.